The topological polar surface area (TPSA) is 44.9 Å². The molecule has 1 heterocycles. The molecule has 1 saturated carbocycles. The number of nitrogens with one attached hydrogen (secondary N) is 2. The van der Waals surface area contributed by atoms with E-state index in [9.17, 15) is 4.79 Å². The molecule has 0 unspecified atom stereocenters. The van der Waals surface area contributed by atoms with Crippen molar-refractivity contribution in [1.82, 2.24) is 10.3 Å². The fourth-order valence-corrected chi connectivity index (χ4v) is 4.33. The number of benzene rings is 2. The second-order valence-electron chi connectivity index (χ2n) is 7.50. The number of H-pyrrole nitrogens is 1. The van der Waals surface area contributed by atoms with Crippen molar-refractivity contribution < 1.29 is 4.79 Å². The van der Waals surface area contributed by atoms with Crippen LogP contribution in [0.1, 0.15) is 55.6 Å². The van der Waals surface area contributed by atoms with E-state index in [4.69, 9.17) is 11.6 Å². The van der Waals surface area contributed by atoms with Crippen molar-refractivity contribution >= 4 is 28.4 Å². The Kier molecular flexibility index (Phi) is 5.49. The maximum atomic E-state index is 12.8. The molecule has 0 spiro atoms. The first-order valence-electron chi connectivity index (χ1n) is 9.81. The van der Waals surface area contributed by atoms with Crippen LogP contribution < -0.4 is 5.32 Å². The molecule has 0 radical (unpaired) electrons. The Labute approximate surface area is 165 Å². The van der Waals surface area contributed by atoms with Gasteiger partial charge in [-0.2, -0.15) is 0 Å². The Morgan fingerprint density at radius 3 is 2.59 bits per heavy atom. The number of aromatic amines is 1. The zero-order valence-electron chi connectivity index (χ0n) is 15.4. The van der Waals surface area contributed by atoms with Crippen LogP contribution in [0.3, 0.4) is 0 Å². The highest BCUT2D eigenvalue weighted by Gasteiger charge is 2.23. The van der Waals surface area contributed by atoms with Crippen molar-refractivity contribution in [2.24, 2.45) is 0 Å². The lowest BCUT2D eigenvalue weighted by Gasteiger charge is -2.24. The Morgan fingerprint density at radius 1 is 1.07 bits per heavy atom. The van der Waals surface area contributed by atoms with Crippen LogP contribution in [0, 0.1) is 0 Å². The number of fused-ring (bicyclic) bond motifs is 1. The summed E-state index contributed by atoms with van der Waals surface area (Å²) in [6.45, 7) is 0. The molecule has 0 aliphatic heterocycles. The Morgan fingerprint density at radius 2 is 1.81 bits per heavy atom. The van der Waals surface area contributed by atoms with Gasteiger partial charge in [0.15, 0.2) is 0 Å². The van der Waals surface area contributed by atoms with E-state index in [0.717, 1.165) is 29.5 Å². The van der Waals surface area contributed by atoms with Gasteiger partial charge < -0.3 is 10.3 Å². The minimum atomic E-state index is 0.00186. The number of carbonyl (C=O) groups excluding carboxylic acids is 1. The molecule has 4 heteroatoms. The third kappa shape index (κ3) is 4.19. The molecule has 2 aromatic carbocycles. The summed E-state index contributed by atoms with van der Waals surface area (Å²) >= 11 is 6.09. The van der Waals surface area contributed by atoms with Crippen LogP contribution in [0.25, 0.3) is 10.9 Å². The van der Waals surface area contributed by atoms with E-state index >= 15 is 0 Å². The maximum absolute atomic E-state index is 12.8. The molecule has 1 atom stereocenters. The molecule has 27 heavy (non-hydrogen) atoms. The molecule has 2 N–H and O–H groups in total. The first-order valence-corrected chi connectivity index (χ1v) is 10.2. The van der Waals surface area contributed by atoms with E-state index in [-0.39, 0.29) is 11.8 Å². The maximum Gasteiger partial charge on any atom is 0.221 e. The molecule has 1 aliphatic rings. The Balaban J connectivity index is 1.62. The van der Waals surface area contributed by atoms with Crippen LogP contribution in [-0.2, 0) is 4.79 Å². The quantitative estimate of drug-likeness (QED) is 0.577. The highest BCUT2D eigenvalue weighted by atomic mass is 35.5. The molecule has 0 bridgehead atoms. The lowest BCUT2D eigenvalue weighted by molar-refractivity contribution is -0.122. The molecule has 3 nitrogen and oxygen atoms in total. The molecule has 140 valence electrons. The largest absolute Gasteiger partial charge is 0.361 e. The van der Waals surface area contributed by atoms with Gasteiger partial charge >= 0.3 is 0 Å². The van der Waals surface area contributed by atoms with Gasteiger partial charge in [0.1, 0.15) is 0 Å². The van der Waals surface area contributed by atoms with Gasteiger partial charge in [0.25, 0.3) is 0 Å². The summed E-state index contributed by atoms with van der Waals surface area (Å²) < 4.78 is 0. The Bertz CT molecular complexity index is 910. The van der Waals surface area contributed by atoms with Gasteiger partial charge in [-0.05, 0) is 42.2 Å². The van der Waals surface area contributed by atoms with Crippen LogP contribution in [0.2, 0.25) is 5.02 Å². The number of para-hydroxylation sites is 1. The van der Waals surface area contributed by atoms with Crippen LogP contribution in [0.4, 0.5) is 0 Å². The normalized spacial score (nSPS) is 16.3. The van der Waals surface area contributed by atoms with Gasteiger partial charge in [-0.1, -0.05) is 61.2 Å². The van der Waals surface area contributed by atoms with Crippen molar-refractivity contribution in [1.29, 1.82) is 0 Å². The standard InChI is InChI=1S/C23H25ClN2O/c24-17-12-10-16(11-13-17)20(14-23(27)26-18-6-2-1-3-7-18)21-15-25-22-9-5-4-8-19(21)22/h4-5,8-13,15,18,20,25H,1-3,6-7,14H2,(H,26,27)/t20-/m0/s1. The minimum Gasteiger partial charge on any atom is -0.361 e. The number of halogens is 1. The number of hydrogen-bond acceptors (Lipinski definition) is 1. The lowest BCUT2D eigenvalue weighted by Crippen LogP contribution is -2.36. The highest BCUT2D eigenvalue weighted by molar-refractivity contribution is 6.30. The zero-order chi connectivity index (χ0) is 18.6. The molecule has 1 aliphatic carbocycles. The van der Waals surface area contributed by atoms with Crippen molar-refractivity contribution in [3.05, 3.63) is 70.9 Å². The first-order chi connectivity index (χ1) is 13.2. The monoisotopic (exact) mass is 380 g/mol. The van der Waals surface area contributed by atoms with Crippen molar-refractivity contribution in [3.8, 4) is 0 Å². The van der Waals surface area contributed by atoms with Crippen molar-refractivity contribution in [3.63, 3.8) is 0 Å². The summed E-state index contributed by atoms with van der Waals surface area (Å²) in [5.41, 5.74) is 3.37. The fraction of sp³-hybridized carbons (Fsp3) is 0.348. The van der Waals surface area contributed by atoms with Crippen molar-refractivity contribution in [2.45, 2.75) is 50.5 Å². The van der Waals surface area contributed by atoms with Gasteiger partial charge in [-0.3, -0.25) is 4.79 Å². The average Bonchev–Trinajstić information content (AvgIpc) is 3.12. The van der Waals surface area contributed by atoms with Gasteiger partial charge in [-0.15, -0.1) is 0 Å². The average molecular weight is 381 g/mol. The van der Waals surface area contributed by atoms with Gasteiger partial charge in [0.05, 0.1) is 0 Å². The molecule has 1 amide bonds. The van der Waals surface area contributed by atoms with Crippen molar-refractivity contribution in [2.75, 3.05) is 0 Å². The molecule has 1 fully saturated rings. The number of amides is 1. The number of aromatic nitrogens is 1. The van der Waals surface area contributed by atoms with Crippen LogP contribution in [-0.4, -0.2) is 16.9 Å². The third-order valence-corrected chi connectivity index (χ3v) is 5.88. The van der Waals surface area contributed by atoms with Gasteiger partial charge in [0, 0.05) is 40.5 Å². The second-order valence-corrected chi connectivity index (χ2v) is 7.94. The van der Waals surface area contributed by atoms with Crippen LogP contribution >= 0.6 is 11.6 Å². The van der Waals surface area contributed by atoms with E-state index in [1.165, 1.54) is 24.6 Å². The number of rotatable bonds is 5. The van der Waals surface area contributed by atoms with E-state index in [1.54, 1.807) is 0 Å². The van der Waals surface area contributed by atoms with Gasteiger partial charge in [-0.25, -0.2) is 0 Å². The smallest absolute Gasteiger partial charge is 0.221 e. The summed E-state index contributed by atoms with van der Waals surface area (Å²) in [5.74, 6) is 0.133. The van der Waals surface area contributed by atoms with E-state index in [1.807, 2.05) is 42.6 Å². The predicted octanol–water partition coefficient (Wildman–Crippen LogP) is 5.79. The van der Waals surface area contributed by atoms with E-state index in [0.29, 0.717) is 17.5 Å². The van der Waals surface area contributed by atoms with Crippen LogP contribution in [0.5, 0.6) is 0 Å². The SMILES string of the molecule is O=C(C[C@@H](c1ccc(Cl)cc1)c1c[nH]c2ccccc12)NC1CCCCC1. The summed E-state index contributed by atoms with van der Waals surface area (Å²) in [4.78, 5) is 16.2. The van der Waals surface area contributed by atoms with E-state index in [2.05, 4.69) is 22.4 Å². The first kappa shape index (κ1) is 18.1. The summed E-state index contributed by atoms with van der Waals surface area (Å²) in [6.07, 6.45) is 8.41. The highest BCUT2D eigenvalue weighted by Crippen LogP contribution is 2.34. The van der Waals surface area contributed by atoms with Gasteiger partial charge in [0.2, 0.25) is 5.91 Å². The Hall–Kier alpha value is -2.26. The number of carbonyl (C=O) groups is 1. The van der Waals surface area contributed by atoms with Crippen LogP contribution in [0.15, 0.2) is 54.7 Å². The van der Waals surface area contributed by atoms with E-state index < -0.39 is 0 Å². The molecule has 4 rings (SSSR count). The molecule has 3 aromatic rings. The fourth-order valence-electron chi connectivity index (χ4n) is 4.20. The third-order valence-electron chi connectivity index (χ3n) is 5.63. The summed E-state index contributed by atoms with van der Waals surface area (Å²) in [7, 11) is 0. The molecule has 0 saturated heterocycles. The molecular weight excluding hydrogens is 356 g/mol. The molecular formula is C23H25ClN2O. The zero-order valence-corrected chi connectivity index (χ0v) is 16.1. The minimum absolute atomic E-state index is 0.00186. The summed E-state index contributed by atoms with van der Waals surface area (Å²) in [5, 5.41) is 5.15. The predicted molar refractivity (Wildman–Crippen MR) is 111 cm³/mol. The second kappa shape index (κ2) is 8.18. The summed E-state index contributed by atoms with van der Waals surface area (Å²) in [6, 6.07) is 16.4. The lowest BCUT2D eigenvalue weighted by atomic mass is 9.87. The number of hydrogen-bond donors (Lipinski definition) is 2. The molecule has 1 aromatic heterocycles.